The van der Waals surface area contributed by atoms with Crippen LogP contribution in [0.4, 0.5) is 5.69 Å². The first-order valence-electron chi connectivity index (χ1n) is 7.95. The zero-order valence-electron chi connectivity index (χ0n) is 13.7. The maximum atomic E-state index is 11.8. The number of amides is 1. The molecule has 1 N–H and O–H groups in total. The molecule has 0 aliphatic carbocycles. The lowest BCUT2D eigenvalue weighted by atomic mass is 10.2. The molecule has 2 heterocycles. The molecular weight excluding hydrogens is 318 g/mol. The van der Waals surface area contributed by atoms with Crippen LogP contribution < -0.4 is 5.32 Å². The van der Waals surface area contributed by atoms with E-state index in [4.69, 9.17) is 9.15 Å². The molecule has 1 amide bonds. The summed E-state index contributed by atoms with van der Waals surface area (Å²) >= 11 is 0. The molecule has 0 spiro atoms. The lowest BCUT2D eigenvalue weighted by Crippen LogP contribution is -2.08. The van der Waals surface area contributed by atoms with Gasteiger partial charge >= 0.3 is 0 Å². The minimum atomic E-state index is -0.221. The topological polar surface area (TPSA) is 69.3 Å². The van der Waals surface area contributed by atoms with Crippen LogP contribution in [-0.2, 0) is 22.7 Å². The predicted octanol–water partition coefficient (Wildman–Crippen LogP) is 3.34. The van der Waals surface area contributed by atoms with Crippen molar-refractivity contribution in [2.24, 2.45) is 0 Å². The van der Waals surface area contributed by atoms with E-state index in [-0.39, 0.29) is 5.91 Å². The van der Waals surface area contributed by atoms with Gasteiger partial charge in [-0.15, -0.1) is 0 Å². The smallest absolute Gasteiger partial charge is 0.248 e. The predicted molar refractivity (Wildman–Crippen MR) is 94.7 cm³/mol. The fourth-order valence-corrected chi connectivity index (χ4v) is 2.20. The van der Waals surface area contributed by atoms with Gasteiger partial charge in [-0.3, -0.25) is 9.48 Å². The zero-order chi connectivity index (χ0) is 17.3. The third kappa shape index (κ3) is 5.47. The first-order chi connectivity index (χ1) is 12.3. The number of nitrogens with one attached hydrogen (secondary N) is 1. The zero-order valence-corrected chi connectivity index (χ0v) is 13.7. The van der Waals surface area contributed by atoms with Gasteiger partial charge in [-0.25, -0.2) is 0 Å². The van der Waals surface area contributed by atoms with Crippen LogP contribution in [0.1, 0.15) is 11.1 Å². The Kier molecular flexibility index (Phi) is 5.79. The minimum absolute atomic E-state index is 0.221. The van der Waals surface area contributed by atoms with Crippen molar-refractivity contribution in [2.75, 3.05) is 11.9 Å². The van der Waals surface area contributed by atoms with Crippen molar-refractivity contribution >= 4 is 17.7 Å². The first kappa shape index (κ1) is 16.7. The molecule has 25 heavy (non-hydrogen) atoms. The number of hydrogen-bond donors (Lipinski definition) is 1. The molecule has 0 atom stereocenters. The quantitative estimate of drug-likeness (QED) is 0.505. The van der Waals surface area contributed by atoms with E-state index in [9.17, 15) is 4.79 Å². The van der Waals surface area contributed by atoms with Crippen molar-refractivity contribution < 1.29 is 13.9 Å². The van der Waals surface area contributed by atoms with Crippen molar-refractivity contribution in [3.05, 3.63) is 78.5 Å². The van der Waals surface area contributed by atoms with E-state index >= 15 is 0 Å². The van der Waals surface area contributed by atoms with Crippen LogP contribution in [0.15, 0.2) is 71.8 Å². The summed E-state index contributed by atoms with van der Waals surface area (Å²) in [6.45, 7) is 1.74. The van der Waals surface area contributed by atoms with E-state index in [0.717, 1.165) is 11.1 Å². The summed E-state index contributed by atoms with van der Waals surface area (Å²) in [4.78, 5) is 11.8. The maximum Gasteiger partial charge on any atom is 0.248 e. The van der Waals surface area contributed by atoms with Gasteiger partial charge in [0.25, 0.3) is 0 Å². The maximum absolute atomic E-state index is 11.8. The highest BCUT2D eigenvalue weighted by atomic mass is 16.5. The van der Waals surface area contributed by atoms with Crippen LogP contribution in [0.2, 0.25) is 0 Å². The van der Waals surface area contributed by atoms with Gasteiger partial charge in [0, 0.05) is 17.8 Å². The van der Waals surface area contributed by atoms with Gasteiger partial charge in [0.1, 0.15) is 0 Å². The van der Waals surface area contributed by atoms with Crippen LogP contribution >= 0.6 is 0 Å². The number of furan rings is 1. The fraction of sp³-hybridized carbons (Fsp3) is 0.158. The Balaban J connectivity index is 1.40. The summed E-state index contributed by atoms with van der Waals surface area (Å²) < 4.78 is 12.3. The van der Waals surface area contributed by atoms with Gasteiger partial charge < -0.3 is 14.5 Å². The van der Waals surface area contributed by atoms with Crippen LogP contribution in [0, 0.1) is 0 Å². The molecule has 0 unspecified atom stereocenters. The summed E-state index contributed by atoms with van der Waals surface area (Å²) in [5, 5.41) is 6.97. The molecule has 2 aromatic heterocycles. The third-order valence-corrected chi connectivity index (χ3v) is 3.45. The minimum Gasteiger partial charge on any atom is -0.472 e. The summed E-state index contributed by atoms with van der Waals surface area (Å²) in [7, 11) is 0. The van der Waals surface area contributed by atoms with E-state index in [1.807, 2.05) is 30.3 Å². The van der Waals surface area contributed by atoms with E-state index in [0.29, 0.717) is 25.4 Å². The van der Waals surface area contributed by atoms with E-state index in [2.05, 4.69) is 10.4 Å². The Hall–Kier alpha value is -3.12. The van der Waals surface area contributed by atoms with E-state index < -0.39 is 0 Å². The van der Waals surface area contributed by atoms with Crippen molar-refractivity contribution in [2.45, 2.75) is 13.2 Å². The lowest BCUT2D eigenvalue weighted by Gasteiger charge is -2.04. The van der Waals surface area contributed by atoms with Gasteiger partial charge in [0.15, 0.2) is 0 Å². The second-order valence-corrected chi connectivity index (χ2v) is 5.41. The highest BCUT2D eigenvalue weighted by Crippen LogP contribution is 2.07. The third-order valence-electron chi connectivity index (χ3n) is 3.45. The van der Waals surface area contributed by atoms with Crippen LogP contribution in [-0.4, -0.2) is 22.3 Å². The van der Waals surface area contributed by atoms with E-state index in [1.165, 1.54) is 6.08 Å². The normalized spacial score (nSPS) is 11.0. The van der Waals surface area contributed by atoms with Crippen LogP contribution in [0.5, 0.6) is 0 Å². The standard InChI is InChI=1S/C19H19N3O3/c23-19(7-6-17-8-10-24-15-17)21-18-12-20-22(13-18)9-11-25-14-16-4-2-1-3-5-16/h1-8,10,12-13,15H,9,11,14H2,(H,21,23)/b7-6+. The molecule has 0 radical (unpaired) electrons. The second-order valence-electron chi connectivity index (χ2n) is 5.41. The van der Waals surface area contributed by atoms with Crippen LogP contribution in [0.25, 0.3) is 6.08 Å². The largest absolute Gasteiger partial charge is 0.472 e. The number of anilines is 1. The molecule has 0 saturated heterocycles. The molecular formula is C19H19N3O3. The van der Waals surface area contributed by atoms with Crippen molar-refractivity contribution in [1.82, 2.24) is 9.78 Å². The monoisotopic (exact) mass is 337 g/mol. The van der Waals surface area contributed by atoms with E-state index in [1.54, 1.807) is 41.7 Å². The summed E-state index contributed by atoms with van der Waals surface area (Å²) in [6, 6.07) is 11.8. The van der Waals surface area contributed by atoms with Crippen molar-refractivity contribution in [3.63, 3.8) is 0 Å². The number of ether oxygens (including phenoxy) is 1. The fourth-order valence-electron chi connectivity index (χ4n) is 2.20. The Morgan fingerprint density at radius 1 is 1.28 bits per heavy atom. The molecule has 3 aromatic rings. The van der Waals surface area contributed by atoms with Gasteiger partial charge in [-0.1, -0.05) is 30.3 Å². The SMILES string of the molecule is O=C(/C=C/c1ccoc1)Nc1cnn(CCOCc2ccccc2)c1. The Morgan fingerprint density at radius 3 is 2.96 bits per heavy atom. The molecule has 0 aliphatic heterocycles. The molecule has 0 saturated carbocycles. The number of rotatable bonds is 8. The highest BCUT2D eigenvalue weighted by molar-refractivity contribution is 6.01. The summed E-state index contributed by atoms with van der Waals surface area (Å²) in [5.74, 6) is -0.221. The number of hydrogen-bond acceptors (Lipinski definition) is 4. The first-order valence-corrected chi connectivity index (χ1v) is 7.95. The van der Waals surface area contributed by atoms with Gasteiger partial charge in [0.2, 0.25) is 5.91 Å². The molecule has 6 heteroatoms. The van der Waals surface area contributed by atoms with Gasteiger partial charge in [-0.05, 0) is 17.7 Å². The number of carbonyl (C=O) groups is 1. The molecule has 0 bridgehead atoms. The van der Waals surface area contributed by atoms with Gasteiger partial charge in [0.05, 0.1) is 44.2 Å². The van der Waals surface area contributed by atoms with Crippen molar-refractivity contribution in [1.29, 1.82) is 0 Å². The number of carbonyl (C=O) groups excluding carboxylic acids is 1. The van der Waals surface area contributed by atoms with Gasteiger partial charge in [-0.2, -0.15) is 5.10 Å². The molecule has 0 aliphatic rings. The molecule has 0 fully saturated rings. The molecule has 3 rings (SSSR count). The number of aromatic nitrogens is 2. The second kappa shape index (κ2) is 8.65. The lowest BCUT2D eigenvalue weighted by molar-refractivity contribution is -0.111. The average Bonchev–Trinajstić information content (AvgIpc) is 3.30. The van der Waals surface area contributed by atoms with Crippen LogP contribution in [0.3, 0.4) is 0 Å². The van der Waals surface area contributed by atoms with Crippen molar-refractivity contribution in [3.8, 4) is 0 Å². The summed E-state index contributed by atoms with van der Waals surface area (Å²) in [5.41, 5.74) is 2.62. The Morgan fingerprint density at radius 2 is 2.16 bits per heavy atom. The molecule has 1 aromatic carbocycles. The summed E-state index contributed by atoms with van der Waals surface area (Å²) in [6.07, 6.45) is 9.64. The Bertz CT molecular complexity index is 808. The Labute approximate surface area is 145 Å². The highest BCUT2D eigenvalue weighted by Gasteiger charge is 2.02. The molecule has 128 valence electrons. The number of nitrogens with zero attached hydrogens (tertiary/aromatic N) is 2. The molecule has 6 nitrogen and oxygen atoms in total. The average molecular weight is 337 g/mol. The number of benzene rings is 1.